The molecule has 23 heavy (non-hydrogen) atoms. The van der Waals surface area contributed by atoms with E-state index >= 15 is 0 Å². The van der Waals surface area contributed by atoms with Crippen molar-refractivity contribution >= 4 is 15.7 Å². The van der Waals surface area contributed by atoms with Crippen molar-refractivity contribution in [3.8, 4) is 0 Å². The van der Waals surface area contributed by atoms with Crippen LogP contribution in [0.25, 0.3) is 0 Å². The third kappa shape index (κ3) is 3.25. The van der Waals surface area contributed by atoms with E-state index in [0.29, 0.717) is 5.69 Å². The van der Waals surface area contributed by atoms with Gasteiger partial charge in [0, 0.05) is 32.4 Å². The Labute approximate surface area is 137 Å². The lowest BCUT2D eigenvalue weighted by atomic mass is 10.1. The van der Waals surface area contributed by atoms with E-state index < -0.39 is 10.0 Å². The summed E-state index contributed by atoms with van der Waals surface area (Å²) in [5.41, 5.74) is 2.75. The molecule has 124 valence electrons. The molecule has 6 nitrogen and oxygen atoms in total. The minimum Gasteiger partial charge on any atom is -0.371 e. The van der Waals surface area contributed by atoms with Crippen LogP contribution in [0.5, 0.6) is 0 Å². The molecule has 0 bridgehead atoms. The quantitative estimate of drug-likeness (QED) is 0.905. The van der Waals surface area contributed by atoms with Crippen molar-refractivity contribution < 1.29 is 8.42 Å². The van der Waals surface area contributed by atoms with Crippen LogP contribution in [-0.4, -0.2) is 31.3 Å². The first-order valence-corrected chi connectivity index (χ1v) is 9.28. The molecule has 1 aromatic carbocycles. The maximum Gasteiger partial charge on any atom is 0.244 e. The van der Waals surface area contributed by atoms with Gasteiger partial charge in [-0.15, -0.1) is 0 Å². The molecule has 0 amide bonds. The number of aromatic nitrogens is 2. The van der Waals surface area contributed by atoms with Gasteiger partial charge < -0.3 is 4.90 Å². The zero-order valence-electron chi connectivity index (χ0n) is 13.5. The molecule has 1 N–H and O–H groups in total. The molecule has 3 rings (SSSR count). The van der Waals surface area contributed by atoms with Crippen LogP contribution in [0.1, 0.15) is 24.1 Å². The van der Waals surface area contributed by atoms with Crippen LogP contribution in [0.15, 0.2) is 35.4 Å². The van der Waals surface area contributed by atoms with Gasteiger partial charge in [0.2, 0.25) is 10.0 Å². The predicted molar refractivity (Wildman–Crippen MR) is 89.9 cm³/mol. The Hall–Kier alpha value is -1.86. The molecule has 0 saturated carbocycles. The Balaban J connectivity index is 1.79. The number of hydrogen-bond acceptors (Lipinski definition) is 4. The predicted octanol–water partition coefficient (Wildman–Crippen LogP) is 1.81. The molecule has 1 saturated heterocycles. The van der Waals surface area contributed by atoms with E-state index in [2.05, 4.69) is 20.8 Å². The van der Waals surface area contributed by atoms with Crippen molar-refractivity contribution in [3.63, 3.8) is 0 Å². The zero-order valence-corrected chi connectivity index (χ0v) is 14.3. The summed E-state index contributed by atoms with van der Waals surface area (Å²) in [6.07, 6.45) is 3.77. The maximum atomic E-state index is 12.5. The Bertz CT molecular complexity index is 792. The second-order valence-corrected chi connectivity index (χ2v) is 7.60. The van der Waals surface area contributed by atoms with E-state index in [4.69, 9.17) is 0 Å². The first-order valence-electron chi connectivity index (χ1n) is 7.80. The van der Waals surface area contributed by atoms with Crippen LogP contribution in [0.3, 0.4) is 0 Å². The lowest BCUT2D eigenvalue weighted by Crippen LogP contribution is -2.26. The highest BCUT2D eigenvalue weighted by molar-refractivity contribution is 7.89. The minimum absolute atomic E-state index is 0.235. The fraction of sp³-hybridized carbons (Fsp3) is 0.438. The second kappa shape index (κ2) is 6.33. The summed E-state index contributed by atoms with van der Waals surface area (Å²) in [5, 5.41) is 4.01. The van der Waals surface area contributed by atoms with Crippen molar-refractivity contribution in [2.24, 2.45) is 7.05 Å². The number of nitrogens with zero attached hydrogens (tertiary/aromatic N) is 3. The molecular formula is C16H22N4O2S. The van der Waals surface area contributed by atoms with Crippen LogP contribution in [-0.2, 0) is 23.6 Å². The summed E-state index contributed by atoms with van der Waals surface area (Å²) >= 11 is 0. The highest BCUT2D eigenvalue weighted by atomic mass is 32.2. The third-order valence-corrected chi connectivity index (χ3v) is 5.87. The van der Waals surface area contributed by atoms with E-state index in [9.17, 15) is 8.42 Å². The fourth-order valence-electron chi connectivity index (χ4n) is 2.92. The van der Waals surface area contributed by atoms with Crippen LogP contribution in [0.4, 0.5) is 5.69 Å². The monoisotopic (exact) mass is 334 g/mol. The van der Waals surface area contributed by atoms with Gasteiger partial charge in [-0.1, -0.05) is 18.2 Å². The van der Waals surface area contributed by atoms with Crippen molar-refractivity contribution in [1.29, 1.82) is 0 Å². The molecule has 2 heterocycles. The Morgan fingerprint density at radius 3 is 2.57 bits per heavy atom. The van der Waals surface area contributed by atoms with Gasteiger partial charge in [-0.05, 0) is 31.4 Å². The minimum atomic E-state index is -3.56. The molecule has 1 aliphatic rings. The molecule has 1 fully saturated rings. The number of rotatable bonds is 5. The lowest BCUT2D eigenvalue weighted by molar-refractivity contribution is 0.580. The number of benzene rings is 1. The first kappa shape index (κ1) is 16.0. The zero-order chi connectivity index (χ0) is 16.4. The summed E-state index contributed by atoms with van der Waals surface area (Å²) in [6.45, 7) is 4.10. The van der Waals surface area contributed by atoms with Crippen LogP contribution < -0.4 is 9.62 Å². The largest absolute Gasteiger partial charge is 0.371 e. The van der Waals surface area contributed by atoms with Crippen LogP contribution >= 0.6 is 0 Å². The van der Waals surface area contributed by atoms with Gasteiger partial charge >= 0.3 is 0 Å². The van der Waals surface area contributed by atoms with E-state index in [1.165, 1.54) is 19.0 Å². The average molecular weight is 334 g/mol. The van der Waals surface area contributed by atoms with Gasteiger partial charge in [-0.3, -0.25) is 4.68 Å². The van der Waals surface area contributed by atoms with Crippen molar-refractivity contribution in [1.82, 2.24) is 14.5 Å². The van der Waals surface area contributed by atoms with Crippen molar-refractivity contribution in [2.45, 2.75) is 31.2 Å². The maximum absolute atomic E-state index is 12.5. The molecule has 7 heteroatoms. The van der Waals surface area contributed by atoms with Crippen LogP contribution in [0.2, 0.25) is 0 Å². The number of aryl methyl sites for hydroxylation is 1. The molecule has 0 unspecified atom stereocenters. The van der Waals surface area contributed by atoms with Gasteiger partial charge in [0.25, 0.3) is 0 Å². The topological polar surface area (TPSA) is 67.2 Å². The Morgan fingerprint density at radius 1 is 1.22 bits per heavy atom. The summed E-state index contributed by atoms with van der Waals surface area (Å²) in [6, 6.07) is 7.98. The van der Waals surface area contributed by atoms with Gasteiger partial charge in [0.15, 0.2) is 0 Å². The smallest absolute Gasteiger partial charge is 0.244 e. The molecule has 2 aromatic rings. The third-order valence-electron chi connectivity index (χ3n) is 4.37. The van der Waals surface area contributed by atoms with Crippen LogP contribution in [0, 0.1) is 6.92 Å². The number of hydrogen-bond donors (Lipinski definition) is 1. The standard InChI is InChI=1S/C16H22N4O2S/c1-13-16(12-17-19(13)2)23(21,22)18-11-14-7-3-4-8-15(14)20-9-5-6-10-20/h3-4,7-8,12,18H,5-6,9-11H2,1-2H3. The highest BCUT2D eigenvalue weighted by Gasteiger charge is 2.21. The summed E-state index contributed by atoms with van der Waals surface area (Å²) in [4.78, 5) is 2.55. The number of nitrogens with one attached hydrogen (secondary N) is 1. The van der Waals surface area contributed by atoms with Crippen molar-refractivity contribution in [3.05, 3.63) is 41.7 Å². The van der Waals surface area contributed by atoms with E-state index in [1.54, 1.807) is 18.7 Å². The van der Waals surface area contributed by atoms with E-state index in [0.717, 1.165) is 24.3 Å². The highest BCUT2D eigenvalue weighted by Crippen LogP contribution is 2.25. The molecule has 1 aliphatic heterocycles. The number of para-hydroxylation sites is 1. The number of anilines is 1. The Morgan fingerprint density at radius 2 is 1.91 bits per heavy atom. The van der Waals surface area contributed by atoms with Gasteiger partial charge in [0.05, 0.1) is 11.9 Å². The first-order chi connectivity index (χ1) is 11.0. The second-order valence-electron chi connectivity index (χ2n) is 5.87. The molecule has 0 aliphatic carbocycles. The SMILES string of the molecule is Cc1c(S(=O)(=O)NCc2ccccc2N2CCCC2)cnn1C. The Kier molecular flexibility index (Phi) is 4.41. The normalized spacial score (nSPS) is 15.3. The summed E-state index contributed by atoms with van der Waals surface area (Å²) in [5.74, 6) is 0. The average Bonchev–Trinajstić information content (AvgIpc) is 3.17. The van der Waals surface area contributed by atoms with Gasteiger partial charge in [-0.25, -0.2) is 13.1 Å². The summed E-state index contributed by atoms with van der Waals surface area (Å²) in [7, 11) is -1.83. The van der Waals surface area contributed by atoms with Gasteiger partial charge in [-0.2, -0.15) is 5.10 Å². The molecule has 0 spiro atoms. The van der Waals surface area contributed by atoms with E-state index in [-0.39, 0.29) is 11.4 Å². The number of sulfonamides is 1. The van der Waals surface area contributed by atoms with Gasteiger partial charge in [0.1, 0.15) is 4.90 Å². The van der Waals surface area contributed by atoms with Crippen molar-refractivity contribution in [2.75, 3.05) is 18.0 Å². The molecular weight excluding hydrogens is 312 g/mol. The molecule has 0 atom stereocenters. The summed E-state index contributed by atoms with van der Waals surface area (Å²) < 4.78 is 29.3. The van der Waals surface area contributed by atoms with E-state index in [1.807, 2.05) is 18.2 Å². The lowest BCUT2D eigenvalue weighted by Gasteiger charge is -2.21. The molecule has 0 radical (unpaired) electrons. The molecule has 1 aromatic heterocycles. The fourth-order valence-corrected chi connectivity index (χ4v) is 4.13.